The molecule has 1 aliphatic rings. The van der Waals surface area contributed by atoms with E-state index >= 15 is 0 Å². The Labute approximate surface area is 113 Å². The van der Waals surface area contributed by atoms with Crippen LogP contribution in [0.25, 0.3) is 0 Å². The Morgan fingerprint density at radius 1 is 1.00 bits per heavy atom. The largest absolute Gasteiger partial charge is 0.373 e. The molecule has 1 fully saturated rings. The summed E-state index contributed by atoms with van der Waals surface area (Å²) in [7, 11) is 0. The van der Waals surface area contributed by atoms with Crippen molar-refractivity contribution in [3.05, 3.63) is 71.8 Å². The fraction of sp³-hybridized carbons (Fsp3) is 0.294. The van der Waals surface area contributed by atoms with Crippen LogP contribution < -0.4 is 0 Å². The van der Waals surface area contributed by atoms with Crippen LogP contribution in [0.2, 0.25) is 0 Å². The minimum absolute atomic E-state index is 0.00414. The molecule has 19 heavy (non-hydrogen) atoms. The number of halogens is 1. The molecule has 0 bridgehead atoms. The summed E-state index contributed by atoms with van der Waals surface area (Å²) in [6.07, 6.45) is 0.575. The summed E-state index contributed by atoms with van der Waals surface area (Å²) in [5.41, 5.74) is 0.993. The number of ether oxygens (including phenoxy) is 1. The molecule has 1 saturated carbocycles. The van der Waals surface area contributed by atoms with Gasteiger partial charge >= 0.3 is 0 Å². The second-order valence-corrected chi connectivity index (χ2v) is 5.18. The van der Waals surface area contributed by atoms with Crippen LogP contribution >= 0.6 is 0 Å². The van der Waals surface area contributed by atoms with Crippen LogP contribution in [0.15, 0.2) is 60.7 Å². The van der Waals surface area contributed by atoms with E-state index in [0.29, 0.717) is 13.0 Å². The van der Waals surface area contributed by atoms with Crippen LogP contribution in [-0.2, 0) is 11.3 Å². The zero-order valence-corrected chi connectivity index (χ0v) is 10.8. The van der Waals surface area contributed by atoms with Crippen molar-refractivity contribution < 1.29 is 9.13 Å². The molecule has 0 radical (unpaired) electrons. The zero-order chi connectivity index (χ0) is 13.1. The average Bonchev–Trinajstić information content (AvgIpc) is 3.13. The van der Waals surface area contributed by atoms with Gasteiger partial charge in [0.1, 0.15) is 5.67 Å². The maximum Gasteiger partial charge on any atom is 0.141 e. The standard InChI is InChI=1S/C17H17FO/c18-17(11-16(17)15-9-5-2-6-10-15)13-19-12-14-7-3-1-4-8-14/h1-10,16H,11-13H2. The number of benzene rings is 2. The van der Waals surface area contributed by atoms with Gasteiger partial charge in [0.15, 0.2) is 0 Å². The molecule has 0 amide bonds. The summed E-state index contributed by atoms with van der Waals surface area (Å²) in [6.45, 7) is 0.662. The summed E-state index contributed by atoms with van der Waals surface area (Å²) < 4.78 is 20.0. The second-order valence-electron chi connectivity index (χ2n) is 5.18. The molecule has 2 unspecified atom stereocenters. The third kappa shape index (κ3) is 2.85. The Morgan fingerprint density at radius 2 is 1.63 bits per heavy atom. The lowest BCUT2D eigenvalue weighted by atomic mass is 10.1. The smallest absolute Gasteiger partial charge is 0.141 e. The minimum atomic E-state index is -1.17. The lowest BCUT2D eigenvalue weighted by Gasteiger charge is -2.09. The second kappa shape index (κ2) is 5.14. The quantitative estimate of drug-likeness (QED) is 0.782. The predicted octanol–water partition coefficient (Wildman–Crippen LogP) is 4.10. The maximum absolute atomic E-state index is 14.4. The van der Waals surface area contributed by atoms with Gasteiger partial charge in [-0.15, -0.1) is 0 Å². The van der Waals surface area contributed by atoms with Crippen LogP contribution in [0.1, 0.15) is 23.5 Å². The van der Waals surface area contributed by atoms with Crippen molar-refractivity contribution in [3.8, 4) is 0 Å². The first-order valence-corrected chi connectivity index (χ1v) is 6.63. The molecule has 0 aliphatic heterocycles. The molecule has 0 aromatic heterocycles. The highest BCUT2D eigenvalue weighted by Gasteiger charge is 2.56. The van der Waals surface area contributed by atoms with Crippen molar-refractivity contribution >= 4 is 0 Å². The van der Waals surface area contributed by atoms with E-state index < -0.39 is 5.67 Å². The van der Waals surface area contributed by atoms with Crippen molar-refractivity contribution in [1.29, 1.82) is 0 Å². The van der Waals surface area contributed by atoms with Crippen LogP contribution in [0.3, 0.4) is 0 Å². The van der Waals surface area contributed by atoms with E-state index in [1.54, 1.807) is 0 Å². The molecule has 0 heterocycles. The van der Waals surface area contributed by atoms with Gasteiger partial charge in [0, 0.05) is 5.92 Å². The third-order valence-corrected chi connectivity index (χ3v) is 3.66. The maximum atomic E-state index is 14.4. The molecule has 2 aromatic carbocycles. The molecule has 2 atom stereocenters. The third-order valence-electron chi connectivity index (χ3n) is 3.66. The van der Waals surface area contributed by atoms with Gasteiger partial charge < -0.3 is 4.74 Å². The first kappa shape index (κ1) is 12.4. The lowest BCUT2D eigenvalue weighted by Crippen LogP contribution is -2.13. The van der Waals surface area contributed by atoms with E-state index in [-0.39, 0.29) is 12.5 Å². The Kier molecular flexibility index (Phi) is 3.34. The lowest BCUT2D eigenvalue weighted by molar-refractivity contribution is 0.0561. The summed E-state index contributed by atoms with van der Waals surface area (Å²) in [4.78, 5) is 0. The summed E-state index contributed by atoms with van der Waals surface area (Å²) in [5.74, 6) is 0.00414. The van der Waals surface area contributed by atoms with Crippen LogP contribution in [-0.4, -0.2) is 12.3 Å². The van der Waals surface area contributed by atoms with Crippen molar-refractivity contribution in [2.45, 2.75) is 24.6 Å². The topological polar surface area (TPSA) is 9.23 Å². The van der Waals surface area contributed by atoms with Gasteiger partial charge in [-0.25, -0.2) is 4.39 Å². The Morgan fingerprint density at radius 3 is 2.32 bits per heavy atom. The molecular weight excluding hydrogens is 239 g/mol. The van der Waals surface area contributed by atoms with Crippen molar-refractivity contribution in [1.82, 2.24) is 0 Å². The van der Waals surface area contributed by atoms with Gasteiger partial charge in [0.05, 0.1) is 13.2 Å². The normalized spacial score (nSPS) is 25.2. The summed E-state index contributed by atoms with van der Waals surface area (Å²) >= 11 is 0. The Balaban J connectivity index is 1.52. The van der Waals surface area contributed by atoms with E-state index in [1.165, 1.54) is 0 Å². The average molecular weight is 256 g/mol. The van der Waals surface area contributed by atoms with Crippen molar-refractivity contribution in [3.63, 3.8) is 0 Å². The fourth-order valence-electron chi connectivity index (χ4n) is 2.45. The number of hydrogen-bond donors (Lipinski definition) is 0. The molecule has 0 saturated heterocycles. The molecule has 2 heteroatoms. The molecule has 0 N–H and O–H groups in total. The first-order chi connectivity index (χ1) is 9.28. The SMILES string of the molecule is FC1(COCc2ccccc2)CC1c1ccccc1. The first-order valence-electron chi connectivity index (χ1n) is 6.63. The molecule has 1 aliphatic carbocycles. The van der Waals surface area contributed by atoms with Gasteiger partial charge in [0.2, 0.25) is 0 Å². The summed E-state index contributed by atoms with van der Waals surface area (Å²) in [5, 5.41) is 0. The van der Waals surface area contributed by atoms with Crippen LogP contribution in [0.4, 0.5) is 4.39 Å². The summed E-state index contributed by atoms with van der Waals surface area (Å²) in [6, 6.07) is 19.7. The number of alkyl halides is 1. The Hall–Kier alpha value is -1.67. The minimum Gasteiger partial charge on any atom is -0.373 e. The molecule has 1 nitrogen and oxygen atoms in total. The van der Waals surface area contributed by atoms with Gasteiger partial charge in [-0.1, -0.05) is 60.7 Å². The molecule has 2 aromatic rings. The van der Waals surface area contributed by atoms with E-state index in [9.17, 15) is 4.39 Å². The van der Waals surface area contributed by atoms with Crippen LogP contribution in [0, 0.1) is 0 Å². The molecule has 98 valence electrons. The van der Waals surface area contributed by atoms with Gasteiger partial charge in [-0.05, 0) is 17.5 Å². The van der Waals surface area contributed by atoms with E-state index in [1.807, 2.05) is 60.7 Å². The number of hydrogen-bond acceptors (Lipinski definition) is 1. The van der Waals surface area contributed by atoms with Gasteiger partial charge in [-0.2, -0.15) is 0 Å². The van der Waals surface area contributed by atoms with E-state index in [2.05, 4.69) is 0 Å². The van der Waals surface area contributed by atoms with Crippen molar-refractivity contribution in [2.24, 2.45) is 0 Å². The Bertz CT molecular complexity index is 525. The highest BCUT2D eigenvalue weighted by atomic mass is 19.1. The van der Waals surface area contributed by atoms with Gasteiger partial charge in [0.25, 0.3) is 0 Å². The van der Waals surface area contributed by atoms with Gasteiger partial charge in [-0.3, -0.25) is 0 Å². The van der Waals surface area contributed by atoms with E-state index in [4.69, 9.17) is 4.74 Å². The zero-order valence-electron chi connectivity index (χ0n) is 10.8. The van der Waals surface area contributed by atoms with Crippen molar-refractivity contribution in [2.75, 3.05) is 6.61 Å². The predicted molar refractivity (Wildman–Crippen MR) is 73.7 cm³/mol. The van der Waals surface area contributed by atoms with Crippen LogP contribution in [0.5, 0.6) is 0 Å². The van der Waals surface area contributed by atoms with E-state index in [0.717, 1.165) is 11.1 Å². The fourth-order valence-corrected chi connectivity index (χ4v) is 2.45. The molecule has 0 spiro atoms. The monoisotopic (exact) mass is 256 g/mol. The highest BCUT2D eigenvalue weighted by molar-refractivity contribution is 5.31. The molecule has 3 rings (SSSR count). The number of rotatable bonds is 5. The molecular formula is C17H17FO. The highest BCUT2D eigenvalue weighted by Crippen LogP contribution is 2.54.